The molecule has 0 aliphatic heterocycles. The van der Waals surface area contributed by atoms with Crippen LogP contribution in [0.2, 0.25) is 0 Å². The second kappa shape index (κ2) is 3.02. The number of hydrogen-bond acceptors (Lipinski definition) is 3. The van der Waals surface area contributed by atoms with Crippen LogP contribution in [0.3, 0.4) is 0 Å². The molecule has 1 heterocycles. The molecule has 0 aliphatic carbocycles. The van der Waals surface area contributed by atoms with Crippen LogP contribution in [0, 0.1) is 4.64 Å². The molecule has 0 spiro atoms. The largest absolute Gasteiger partial charge is 0.263 e. The van der Waals surface area contributed by atoms with Crippen LogP contribution in [-0.2, 0) is 10.3 Å². The molecule has 2 rings (SSSR count). The quantitative estimate of drug-likeness (QED) is 0.636. The Bertz CT molecular complexity index is 600. The molecular weight excluding hydrogens is 188 g/mol. The average molecular weight is 194 g/mol. The number of hydrogen-bond donors (Lipinski definition) is 1. The smallest absolute Gasteiger partial charge is 0.240 e. The average Bonchev–Trinajstić information content (AvgIpc) is 2.17. The molecule has 0 radical (unpaired) electrons. The van der Waals surface area contributed by atoms with Gasteiger partial charge in [0.25, 0.3) is 0 Å². The summed E-state index contributed by atoms with van der Waals surface area (Å²) < 4.78 is 21.6. The lowest BCUT2D eigenvalue weighted by Gasteiger charge is -1.93. The minimum atomic E-state index is -2.27. The normalized spacial score (nSPS) is 10.2. The molecule has 4 nitrogen and oxygen atoms in total. The Morgan fingerprint density at radius 2 is 2.00 bits per heavy atom. The van der Waals surface area contributed by atoms with Crippen LogP contribution in [0.1, 0.15) is 0 Å². The van der Waals surface area contributed by atoms with Gasteiger partial charge in [0.05, 0.1) is 6.20 Å². The van der Waals surface area contributed by atoms with Gasteiger partial charge in [0.1, 0.15) is 0 Å². The molecular formula is C8H6N2O2S. The van der Waals surface area contributed by atoms with Crippen molar-refractivity contribution in [1.29, 1.82) is 0 Å². The molecule has 13 heavy (non-hydrogen) atoms. The number of nitrogens with zero attached hydrogens (tertiary/aromatic N) is 1. The maximum atomic E-state index is 10.7. The van der Waals surface area contributed by atoms with Crippen molar-refractivity contribution in [3.05, 3.63) is 35.1 Å². The highest BCUT2D eigenvalue weighted by molar-refractivity contribution is 7.64. The van der Waals surface area contributed by atoms with Crippen LogP contribution in [0.5, 0.6) is 0 Å². The third kappa shape index (κ3) is 1.33. The van der Waals surface area contributed by atoms with E-state index >= 15 is 0 Å². The van der Waals surface area contributed by atoms with E-state index in [1.165, 1.54) is 0 Å². The minimum absolute atomic E-state index is 0.123. The maximum Gasteiger partial charge on any atom is 0.240 e. The standard InChI is InChI=1S/C8H6N2O2S/c11-13(12)8-7-4-2-1-3-6(7)5-9-10-8/h1-5,10H. The van der Waals surface area contributed by atoms with Gasteiger partial charge < -0.3 is 0 Å². The molecule has 0 atom stereocenters. The van der Waals surface area contributed by atoms with Gasteiger partial charge in [-0.25, -0.2) is 0 Å². The van der Waals surface area contributed by atoms with E-state index in [0.717, 1.165) is 5.39 Å². The number of rotatable bonds is 0. The van der Waals surface area contributed by atoms with Crippen LogP contribution in [0.4, 0.5) is 0 Å². The summed E-state index contributed by atoms with van der Waals surface area (Å²) in [7, 11) is -2.27. The summed E-state index contributed by atoms with van der Waals surface area (Å²) in [6, 6.07) is 7.17. The first-order valence-electron chi connectivity index (χ1n) is 3.64. The molecule has 0 bridgehead atoms. The van der Waals surface area contributed by atoms with E-state index in [-0.39, 0.29) is 4.64 Å². The van der Waals surface area contributed by atoms with Crippen LogP contribution < -0.4 is 0 Å². The number of nitrogens with one attached hydrogen (secondary N) is 1. The first-order chi connectivity index (χ1) is 6.29. The summed E-state index contributed by atoms with van der Waals surface area (Å²) in [4.78, 5) is 0. The molecule has 1 aromatic heterocycles. The van der Waals surface area contributed by atoms with Crippen molar-refractivity contribution >= 4 is 21.1 Å². The highest BCUT2D eigenvalue weighted by Gasteiger charge is 1.94. The zero-order valence-electron chi connectivity index (χ0n) is 6.56. The van der Waals surface area contributed by atoms with E-state index in [0.29, 0.717) is 5.39 Å². The fourth-order valence-corrected chi connectivity index (χ4v) is 1.66. The summed E-state index contributed by atoms with van der Waals surface area (Å²) in [6.07, 6.45) is 1.59. The summed E-state index contributed by atoms with van der Waals surface area (Å²) in [5.41, 5.74) is 0. The van der Waals surface area contributed by atoms with Gasteiger partial charge in [-0.1, -0.05) is 24.3 Å². The third-order valence-corrected chi connectivity index (χ3v) is 2.39. The predicted octanol–water partition coefficient (Wildman–Crippen LogP) is 0.974. The van der Waals surface area contributed by atoms with Crippen molar-refractivity contribution in [3.63, 3.8) is 0 Å². The van der Waals surface area contributed by atoms with Crippen LogP contribution in [0.15, 0.2) is 30.5 Å². The lowest BCUT2D eigenvalue weighted by molar-refractivity contribution is 0.624. The Morgan fingerprint density at radius 1 is 1.23 bits per heavy atom. The van der Waals surface area contributed by atoms with Crippen molar-refractivity contribution in [2.75, 3.05) is 0 Å². The van der Waals surface area contributed by atoms with Crippen molar-refractivity contribution < 1.29 is 8.42 Å². The second-order valence-corrected chi connectivity index (χ2v) is 3.40. The molecule has 1 N–H and O–H groups in total. The molecule has 2 aromatic rings. The molecule has 0 saturated heterocycles. The number of fused-ring (bicyclic) bond motifs is 1. The Kier molecular flexibility index (Phi) is 1.86. The zero-order chi connectivity index (χ0) is 9.26. The monoisotopic (exact) mass is 194 g/mol. The number of aromatic amines is 1. The van der Waals surface area contributed by atoms with E-state index in [9.17, 15) is 8.42 Å². The van der Waals surface area contributed by atoms with Gasteiger partial charge >= 0.3 is 0 Å². The van der Waals surface area contributed by atoms with Gasteiger partial charge in [-0.15, -0.1) is 0 Å². The van der Waals surface area contributed by atoms with E-state index in [1.54, 1.807) is 18.3 Å². The first kappa shape index (κ1) is 8.00. The first-order valence-corrected chi connectivity index (χ1v) is 4.71. The van der Waals surface area contributed by atoms with Gasteiger partial charge in [0.2, 0.25) is 10.3 Å². The second-order valence-electron chi connectivity index (χ2n) is 2.52. The van der Waals surface area contributed by atoms with E-state index in [1.807, 2.05) is 12.1 Å². The topological polar surface area (TPSA) is 62.8 Å². The molecule has 0 fully saturated rings. The van der Waals surface area contributed by atoms with Crippen LogP contribution in [-0.4, -0.2) is 18.6 Å². The highest BCUT2D eigenvalue weighted by atomic mass is 32.2. The molecule has 0 aliphatic rings. The fourth-order valence-electron chi connectivity index (χ4n) is 1.16. The van der Waals surface area contributed by atoms with Gasteiger partial charge in [-0.3, -0.25) is 5.10 Å². The van der Waals surface area contributed by atoms with Crippen molar-refractivity contribution in [2.45, 2.75) is 0 Å². The Morgan fingerprint density at radius 3 is 2.77 bits per heavy atom. The van der Waals surface area contributed by atoms with E-state index in [2.05, 4.69) is 10.2 Å². The SMILES string of the molecule is O=S(=O)=c1[nH]ncc2ccccc12. The lowest BCUT2D eigenvalue weighted by Crippen LogP contribution is -1.85. The van der Waals surface area contributed by atoms with Gasteiger partial charge in [-0.2, -0.15) is 13.5 Å². The predicted molar refractivity (Wildman–Crippen MR) is 48.3 cm³/mol. The van der Waals surface area contributed by atoms with Crippen molar-refractivity contribution in [1.82, 2.24) is 10.2 Å². The molecule has 0 amide bonds. The third-order valence-electron chi connectivity index (χ3n) is 1.74. The van der Waals surface area contributed by atoms with Gasteiger partial charge in [0, 0.05) is 10.8 Å². The van der Waals surface area contributed by atoms with Gasteiger partial charge in [-0.05, 0) is 0 Å². The Balaban J connectivity index is 3.20. The lowest BCUT2D eigenvalue weighted by atomic mass is 10.2. The molecule has 1 aromatic carbocycles. The maximum absolute atomic E-state index is 10.7. The molecule has 66 valence electrons. The van der Waals surface area contributed by atoms with Gasteiger partial charge in [0.15, 0.2) is 4.64 Å². The summed E-state index contributed by atoms with van der Waals surface area (Å²) in [6.45, 7) is 0. The number of benzene rings is 1. The van der Waals surface area contributed by atoms with Crippen LogP contribution >= 0.6 is 0 Å². The van der Waals surface area contributed by atoms with E-state index in [4.69, 9.17) is 0 Å². The summed E-state index contributed by atoms with van der Waals surface area (Å²) in [5.74, 6) is 0. The summed E-state index contributed by atoms with van der Waals surface area (Å²) in [5, 5.41) is 7.63. The number of aromatic nitrogens is 2. The molecule has 0 unspecified atom stereocenters. The number of H-pyrrole nitrogens is 1. The zero-order valence-corrected chi connectivity index (χ0v) is 7.38. The molecule has 0 saturated carbocycles. The minimum Gasteiger partial charge on any atom is -0.263 e. The Labute approximate surface area is 75.4 Å². The highest BCUT2D eigenvalue weighted by Crippen LogP contribution is 2.10. The fraction of sp³-hybridized carbons (Fsp3) is 0. The van der Waals surface area contributed by atoms with E-state index < -0.39 is 10.3 Å². The van der Waals surface area contributed by atoms with Crippen molar-refractivity contribution in [2.24, 2.45) is 0 Å². The van der Waals surface area contributed by atoms with Crippen molar-refractivity contribution in [3.8, 4) is 0 Å². The summed E-state index contributed by atoms with van der Waals surface area (Å²) >= 11 is 0. The van der Waals surface area contributed by atoms with Crippen LogP contribution in [0.25, 0.3) is 10.8 Å². The Hall–Kier alpha value is -1.62. The molecule has 5 heteroatoms.